The van der Waals surface area contributed by atoms with Crippen LogP contribution in [0, 0.1) is 41.1 Å². The number of hydrogen-bond donors (Lipinski definition) is 7. The van der Waals surface area contributed by atoms with Gasteiger partial charge in [-0.25, -0.2) is 9.97 Å². The van der Waals surface area contributed by atoms with E-state index >= 15 is 0 Å². The van der Waals surface area contributed by atoms with Crippen LogP contribution in [0.3, 0.4) is 0 Å². The maximum atomic E-state index is 9.30. The third-order valence-electron chi connectivity index (χ3n) is 8.43. The van der Waals surface area contributed by atoms with Crippen LogP contribution in [0.4, 0.5) is 29.2 Å². The molecule has 0 aliphatic rings. The summed E-state index contributed by atoms with van der Waals surface area (Å²) in [5, 5.41) is 18.7. The first-order valence-electron chi connectivity index (χ1n) is 19.6. The van der Waals surface area contributed by atoms with Gasteiger partial charge in [0.1, 0.15) is 22.6 Å². The van der Waals surface area contributed by atoms with Crippen molar-refractivity contribution in [1.29, 1.82) is 10.7 Å². The Bertz CT molecular complexity index is 2490. The molecule has 12 nitrogen and oxygen atoms in total. The van der Waals surface area contributed by atoms with Crippen molar-refractivity contribution in [3.05, 3.63) is 139 Å². The molecule has 0 fully saturated rings. The lowest BCUT2D eigenvalue weighted by Crippen LogP contribution is -2.00. The number of amidine groups is 1. The summed E-state index contributed by atoms with van der Waals surface area (Å²) in [6.07, 6.45) is 8.04. The lowest BCUT2D eigenvalue weighted by atomic mass is 10.1. The zero-order valence-corrected chi connectivity index (χ0v) is 40.7. The molecule has 0 spiro atoms. The number of hydrogen-bond acceptors (Lipinski definition) is 14. The number of benzene rings is 4. The summed E-state index contributed by atoms with van der Waals surface area (Å²) in [5.41, 5.74) is 36.1. The number of nitrogen functional groups attached to an aromatic ring is 4. The molecular formula is C46H55IN12S3. The van der Waals surface area contributed by atoms with Crippen LogP contribution in [0.5, 0.6) is 0 Å². The molecule has 0 saturated carbocycles. The number of nitriles is 1. The van der Waals surface area contributed by atoms with Gasteiger partial charge in [0.2, 0.25) is 11.9 Å². The van der Waals surface area contributed by atoms with Gasteiger partial charge in [0.25, 0.3) is 0 Å². The molecular weight excluding hydrogens is 944 g/mol. The molecule has 4 aromatic carbocycles. The standard InChI is InChI=1S/C18H18N2S.C13H15IN4S.C13H16N4S.C2H6N2/c1-3-15-11-14(2)9-10-18(15)21-17(12-19)13-20-16-7-5-4-6-8-16;1-3-8-4-7(2)9(14)5-10(8)19-11-6-17-13(16)18-12(11)15;1-3-9-6-8(2)4-5-10(9)18-11-7-16-13(15)17-12(11)14;1-2(3)4/h4-11,13,20H,3H2,1-2H3;4-6H,3H2,1-2H3,(H4,15,16,17,18);4-7H,3H2,1-2H3,(H4,14,15,16,17);1H3,(H3,3,4)/b17-13+;;;. The minimum Gasteiger partial charge on any atom is -0.388 e. The molecule has 6 rings (SSSR count). The first kappa shape index (κ1) is 50.9. The number of nitrogens with one attached hydrogen (secondary N) is 2. The van der Waals surface area contributed by atoms with Crippen molar-refractivity contribution in [2.75, 3.05) is 28.3 Å². The lowest BCUT2D eigenvalue weighted by Gasteiger charge is -2.11. The van der Waals surface area contributed by atoms with E-state index in [0.717, 1.165) is 39.6 Å². The van der Waals surface area contributed by atoms with Gasteiger partial charge in [-0.2, -0.15) is 15.2 Å². The molecule has 12 N–H and O–H groups in total. The number of anilines is 5. The first-order valence-corrected chi connectivity index (χ1v) is 23.1. The van der Waals surface area contributed by atoms with Crippen molar-refractivity contribution in [2.24, 2.45) is 5.73 Å². The summed E-state index contributed by atoms with van der Waals surface area (Å²) in [5.74, 6) is 1.43. The molecule has 2 heterocycles. The minimum absolute atomic E-state index is 0.167. The van der Waals surface area contributed by atoms with Gasteiger partial charge in [0.15, 0.2) is 0 Å². The van der Waals surface area contributed by atoms with Gasteiger partial charge >= 0.3 is 0 Å². The Labute approximate surface area is 392 Å². The van der Waals surface area contributed by atoms with Gasteiger partial charge in [0.05, 0.1) is 15.6 Å². The summed E-state index contributed by atoms with van der Waals surface area (Å²) in [6.45, 7) is 14.3. The quantitative estimate of drug-likeness (QED) is 0.0210. The van der Waals surface area contributed by atoms with Crippen LogP contribution in [0.2, 0.25) is 0 Å². The Kier molecular flexibility index (Phi) is 21.4. The largest absolute Gasteiger partial charge is 0.388 e. The van der Waals surface area contributed by atoms with Crippen molar-refractivity contribution >= 4 is 92.9 Å². The molecule has 324 valence electrons. The second-order valence-electron chi connectivity index (χ2n) is 13.6. The van der Waals surface area contributed by atoms with Crippen molar-refractivity contribution in [1.82, 2.24) is 19.9 Å². The highest BCUT2D eigenvalue weighted by Crippen LogP contribution is 2.36. The van der Waals surface area contributed by atoms with Crippen LogP contribution in [0.15, 0.2) is 127 Å². The summed E-state index contributed by atoms with van der Waals surface area (Å²) < 4.78 is 1.24. The maximum Gasteiger partial charge on any atom is 0.221 e. The van der Waals surface area contributed by atoms with E-state index in [-0.39, 0.29) is 17.7 Å². The Balaban J connectivity index is 0.000000238. The van der Waals surface area contributed by atoms with E-state index in [1.165, 1.54) is 65.4 Å². The van der Waals surface area contributed by atoms with Gasteiger partial charge < -0.3 is 34.0 Å². The highest BCUT2D eigenvalue weighted by molar-refractivity contribution is 14.1. The topological polar surface area (TPSA) is 241 Å². The summed E-state index contributed by atoms with van der Waals surface area (Å²) in [6, 6.07) is 29.2. The second kappa shape index (κ2) is 26.1. The van der Waals surface area contributed by atoms with E-state index in [1.807, 2.05) is 30.3 Å². The number of halogens is 1. The van der Waals surface area contributed by atoms with Crippen molar-refractivity contribution in [2.45, 2.75) is 92.2 Å². The Hall–Kier alpha value is -5.48. The molecule has 2 aromatic heterocycles. The molecule has 0 aliphatic carbocycles. The van der Waals surface area contributed by atoms with Crippen LogP contribution >= 0.6 is 57.9 Å². The molecule has 62 heavy (non-hydrogen) atoms. The molecule has 0 bridgehead atoms. The zero-order chi connectivity index (χ0) is 45.8. The zero-order valence-electron chi connectivity index (χ0n) is 36.1. The van der Waals surface area contributed by atoms with Gasteiger partial charge in [-0.05, 0) is 122 Å². The van der Waals surface area contributed by atoms with Crippen molar-refractivity contribution < 1.29 is 0 Å². The number of para-hydroxylation sites is 1. The Morgan fingerprint density at radius 3 is 1.66 bits per heavy atom. The third-order valence-corrected chi connectivity index (χ3v) is 12.9. The number of nitrogens with two attached hydrogens (primary N) is 5. The number of thioether (sulfide) groups is 1. The molecule has 0 saturated heterocycles. The van der Waals surface area contributed by atoms with E-state index in [9.17, 15) is 5.26 Å². The smallest absolute Gasteiger partial charge is 0.221 e. The molecule has 0 unspecified atom stereocenters. The highest BCUT2D eigenvalue weighted by Gasteiger charge is 2.11. The minimum atomic E-state index is 0.167. The normalized spacial score (nSPS) is 10.5. The van der Waals surface area contributed by atoms with Crippen LogP contribution in [-0.4, -0.2) is 25.8 Å². The Morgan fingerprint density at radius 2 is 1.18 bits per heavy atom. The number of aryl methyl sites for hydroxylation is 6. The first-order chi connectivity index (χ1) is 29.6. The van der Waals surface area contributed by atoms with Gasteiger partial charge in [-0.15, -0.1) is 0 Å². The predicted octanol–water partition coefficient (Wildman–Crippen LogP) is 11.0. The number of nitrogens with zero attached hydrogens (tertiary/aromatic N) is 5. The fourth-order valence-electron chi connectivity index (χ4n) is 5.34. The summed E-state index contributed by atoms with van der Waals surface area (Å²) >= 11 is 7.01. The second-order valence-corrected chi connectivity index (χ2v) is 18.0. The highest BCUT2D eigenvalue weighted by atomic mass is 127. The number of allylic oxidation sites excluding steroid dienone is 1. The average Bonchev–Trinajstić information content (AvgIpc) is 3.24. The molecule has 0 amide bonds. The fourth-order valence-corrected chi connectivity index (χ4v) is 8.86. The van der Waals surface area contributed by atoms with Crippen molar-refractivity contribution in [3.63, 3.8) is 0 Å². The number of aromatic nitrogens is 4. The van der Waals surface area contributed by atoms with E-state index < -0.39 is 0 Å². The monoisotopic (exact) mass is 998 g/mol. The third kappa shape index (κ3) is 17.1. The van der Waals surface area contributed by atoms with Crippen molar-refractivity contribution in [3.8, 4) is 6.07 Å². The number of rotatable bonds is 11. The van der Waals surface area contributed by atoms with Crippen LogP contribution in [0.1, 0.15) is 61.1 Å². The predicted molar refractivity (Wildman–Crippen MR) is 272 cm³/mol. The molecule has 0 radical (unpaired) electrons. The fraction of sp³-hybridized carbons (Fsp3) is 0.217. The van der Waals surface area contributed by atoms with E-state index in [4.69, 9.17) is 34.1 Å². The SMILES string of the molecule is CC(=N)N.CCc1cc(C)c(I)cc1Sc1cnc(N)nc1N.CCc1cc(C)ccc1S/C(C#N)=C/Nc1ccccc1.CCc1cc(C)ccc1Sc1cnc(N)nc1N. The van der Waals surface area contributed by atoms with E-state index in [1.54, 1.807) is 42.1 Å². The molecule has 6 aromatic rings. The maximum absolute atomic E-state index is 9.30. The van der Waals surface area contributed by atoms with Gasteiger partial charge in [-0.3, -0.25) is 5.41 Å². The molecule has 0 atom stereocenters. The van der Waals surface area contributed by atoms with E-state index in [2.05, 4.69) is 144 Å². The lowest BCUT2D eigenvalue weighted by molar-refractivity contribution is 1.06. The van der Waals surface area contributed by atoms with Crippen LogP contribution in [0.25, 0.3) is 0 Å². The van der Waals surface area contributed by atoms with Crippen LogP contribution in [-0.2, 0) is 19.3 Å². The van der Waals surface area contributed by atoms with Gasteiger partial charge in [0, 0.05) is 42.5 Å². The van der Waals surface area contributed by atoms with E-state index in [0.29, 0.717) is 16.5 Å². The Morgan fingerprint density at radius 1 is 0.710 bits per heavy atom. The summed E-state index contributed by atoms with van der Waals surface area (Å²) in [4.78, 5) is 21.8. The summed E-state index contributed by atoms with van der Waals surface area (Å²) in [7, 11) is 0. The molecule has 0 aliphatic heterocycles. The average molecular weight is 999 g/mol. The molecule has 16 heteroatoms. The van der Waals surface area contributed by atoms with Gasteiger partial charge in [-0.1, -0.05) is 116 Å². The van der Waals surface area contributed by atoms with Crippen LogP contribution < -0.4 is 34.0 Å².